The van der Waals surface area contributed by atoms with Crippen LogP contribution < -0.4 is 10.1 Å². The number of rotatable bonds is 8. The van der Waals surface area contributed by atoms with Crippen LogP contribution in [-0.2, 0) is 20.7 Å². The van der Waals surface area contributed by atoms with Gasteiger partial charge in [-0.25, -0.2) is 0 Å². The van der Waals surface area contributed by atoms with Gasteiger partial charge in [-0.2, -0.15) is 0 Å². The molecule has 0 spiro atoms. The third-order valence-electron chi connectivity index (χ3n) is 3.81. The van der Waals surface area contributed by atoms with E-state index in [9.17, 15) is 4.79 Å². The lowest BCUT2D eigenvalue weighted by Crippen LogP contribution is -2.50. The van der Waals surface area contributed by atoms with Crippen LogP contribution in [0, 0.1) is 0 Å². The van der Waals surface area contributed by atoms with Crippen LogP contribution in [0.1, 0.15) is 32.8 Å². The Kier molecular flexibility index (Phi) is 6.42. The quantitative estimate of drug-likeness (QED) is 0.798. The van der Waals surface area contributed by atoms with Crippen molar-refractivity contribution < 1.29 is 19.0 Å². The Labute approximate surface area is 138 Å². The molecule has 0 aliphatic carbocycles. The van der Waals surface area contributed by atoms with E-state index in [1.54, 1.807) is 0 Å². The smallest absolute Gasteiger partial charge is 0.254 e. The van der Waals surface area contributed by atoms with Crippen molar-refractivity contribution in [1.82, 2.24) is 5.32 Å². The van der Waals surface area contributed by atoms with Crippen molar-refractivity contribution in [2.24, 2.45) is 0 Å². The van der Waals surface area contributed by atoms with Crippen molar-refractivity contribution in [3.8, 4) is 5.75 Å². The van der Waals surface area contributed by atoms with Gasteiger partial charge in [0.2, 0.25) is 0 Å². The first kappa shape index (κ1) is 17.8. The minimum Gasteiger partial charge on any atom is -0.491 e. The first-order valence-electron chi connectivity index (χ1n) is 8.31. The summed E-state index contributed by atoms with van der Waals surface area (Å²) in [7, 11) is 0. The minimum absolute atomic E-state index is 0.0726. The summed E-state index contributed by atoms with van der Waals surface area (Å²) in [5.74, 6) is 0.794. The van der Waals surface area contributed by atoms with Gasteiger partial charge >= 0.3 is 0 Å². The Morgan fingerprint density at radius 1 is 1.35 bits per heavy atom. The molecule has 0 saturated carbocycles. The highest BCUT2D eigenvalue weighted by Gasteiger charge is 2.42. The second-order valence-corrected chi connectivity index (χ2v) is 6.05. The lowest BCUT2D eigenvalue weighted by atomic mass is 10.0. The van der Waals surface area contributed by atoms with E-state index in [0.717, 1.165) is 17.7 Å². The third-order valence-corrected chi connectivity index (χ3v) is 3.81. The van der Waals surface area contributed by atoms with Crippen molar-refractivity contribution in [3.63, 3.8) is 0 Å². The molecule has 2 rings (SSSR count). The van der Waals surface area contributed by atoms with Gasteiger partial charge in [-0.1, -0.05) is 12.1 Å². The molecule has 128 valence electrons. The Bertz CT molecular complexity index is 492. The fourth-order valence-electron chi connectivity index (χ4n) is 2.67. The number of hydrogen-bond donors (Lipinski definition) is 1. The number of carbonyl (C=O) groups is 1. The number of amides is 1. The summed E-state index contributed by atoms with van der Waals surface area (Å²) in [4.78, 5) is 12.4. The van der Waals surface area contributed by atoms with Crippen LogP contribution in [0.2, 0.25) is 0 Å². The van der Waals surface area contributed by atoms with Crippen LogP contribution in [0.5, 0.6) is 5.75 Å². The molecule has 23 heavy (non-hydrogen) atoms. The molecule has 0 radical (unpaired) electrons. The highest BCUT2D eigenvalue weighted by Crippen LogP contribution is 2.23. The van der Waals surface area contributed by atoms with E-state index in [0.29, 0.717) is 32.8 Å². The summed E-state index contributed by atoms with van der Waals surface area (Å²) in [6.45, 7) is 7.91. The van der Waals surface area contributed by atoms with E-state index in [2.05, 4.69) is 5.32 Å². The molecule has 5 heteroatoms. The van der Waals surface area contributed by atoms with Crippen molar-refractivity contribution in [2.75, 3.05) is 26.4 Å². The highest BCUT2D eigenvalue weighted by atomic mass is 16.6. The maximum Gasteiger partial charge on any atom is 0.254 e. The van der Waals surface area contributed by atoms with Gasteiger partial charge < -0.3 is 19.5 Å². The van der Waals surface area contributed by atoms with E-state index in [1.807, 2.05) is 45.0 Å². The normalized spacial score (nSPS) is 20.7. The number of hydrogen-bond acceptors (Lipinski definition) is 4. The number of benzene rings is 1. The molecule has 0 aromatic heterocycles. The van der Waals surface area contributed by atoms with Crippen LogP contribution in [-0.4, -0.2) is 44.0 Å². The molecule has 1 amide bonds. The molecule has 1 aliphatic rings. The van der Waals surface area contributed by atoms with Gasteiger partial charge in [-0.15, -0.1) is 0 Å². The van der Waals surface area contributed by atoms with Gasteiger partial charge in [-0.05, 0) is 44.9 Å². The molecule has 1 atom stereocenters. The molecule has 1 unspecified atom stereocenters. The second-order valence-electron chi connectivity index (χ2n) is 6.05. The fraction of sp³-hybridized carbons (Fsp3) is 0.611. The summed E-state index contributed by atoms with van der Waals surface area (Å²) >= 11 is 0. The fourth-order valence-corrected chi connectivity index (χ4v) is 2.67. The summed E-state index contributed by atoms with van der Waals surface area (Å²) in [5, 5.41) is 2.97. The van der Waals surface area contributed by atoms with Crippen LogP contribution in [0.3, 0.4) is 0 Å². The van der Waals surface area contributed by atoms with Crippen LogP contribution >= 0.6 is 0 Å². The molecular weight excluding hydrogens is 294 g/mol. The van der Waals surface area contributed by atoms with Gasteiger partial charge in [0.1, 0.15) is 5.75 Å². The van der Waals surface area contributed by atoms with Crippen molar-refractivity contribution in [1.29, 1.82) is 0 Å². The first-order chi connectivity index (χ1) is 11.1. The first-order valence-corrected chi connectivity index (χ1v) is 8.31. The van der Waals surface area contributed by atoms with Crippen molar-refractivity contribution in [2.45, 2.75) is 45.3 Å². The van der Waals surface area contributed by atoms with Crippen molar-refractivity contribution >= 4 is 5.91 Å². The lowest BCUT2D eigenvalue weighted by Gasteiger charge is -2.25. The molecule has 1 aliphatic heterocycles. The third kappa shape index (κ3) is 4.94. The molecule has 1 saturated heterocycles. The Hall–Kier alpha value is -1.59. The van der Waals surface area contributed by atoms with Gasteiger partial charge in [0.05, 0.1) is 19.3 Å². The molecule has 1 aromatic rings. The zero-order valence-electron chi connectivity index (χ0n) is 14.3. The maximum absolute atomic E-state index is 12.4. The standard InChI is InChI=1S/C18H27NO4/c1-4-22-18(10-12-21-13-18)17(20)19-11-9-15-5-7-16(8-6-15)23-14(2)3/h5-8,14H,4,9-13H2,1-3H3,(H,19,20). The molecule has 1 aromatic carbocycles. The SMILES string of the molecule is CCOC1(C(=O)NCCc2ccc(OC(C)C)cc2)CCOC1. The zero-order valence-corrected chi connectivity index (χ0v) is 14.3. The summed E-state index contributed by atoms with van der Waals surface area (Å²) in [5.41, 5.74) is 0.360. The summed E-state index contributed by atoms with van der Waals surface area (Å²) < 4.78 is 16.6. The molecular formula is C18H27NO4. The maximum atomic E-state index is 12.4. The van der Waals surface area contributed by atoms with E-state index in [1.165, 1.54) is 0 Å². The highest BCUT2D eigenvalue weighted by molar-refractivity contribution is 5.85. The van der Waals surface area contributed by atoms with E-state index >= 15 is 0 Å². The average Bonchev–Trinajstić information content (AvgIpc) is 2.99. The molecule has 5 nitrogen and oxygen atoms in total. The average molecular weight is 321 g/mol. The van der Waals surface area contributed by atoms with Crippen LogP contribution in [0.4, 0.5) is 0 Å². The van der Waals surface area contributed by atoms with Gasteiger partial charge in [-0.3, -0.25) is 4.79 Å². The summed E-state index contributed by atoms with van der Waals surface area (Å²) in [6.07, 6.45) is 1.56. The monoisotopic (exact) mass is 321 g/mol. The van der Waals surface area contributed by atoms with Gasteiger partial charge in [0.15, 0.2) is 5.60 Å². The van der Waals surface area contributed by atoms with Crippen LogP contribution in [0.25, 0.3) is 0 Å². The number of ether oxygens (including phenoxy) is 3. The molecule has 1 N–H and O–H groups in total. The van der Waals surface area contributed by atoms with Crippen molar-refractivity contribution in [3.05, 3.63) is 29.8 Å². The topological polar surface area (TPSA) is 56.8 Å². The largest absolute Gasteiger partial charge is 0.491 e. The second kappa shape index (κ2) is 8.31. The molecule has 1 fully saturated rings. The van der Waals surface area contributed by atoms with E-state index in [-0.39, 0.29) is 12.0 Å². The Morgan fingerprint density at radius 3 is 2.65 bits per heavy atom. The molecule has 1 heterocycles. The summed E-state index contributed by atoms with van der Waals surface area (Å²) in [6, 6.07) is 7.98. The lowest BCUT2D eigenvalue weighted by molar-refractivity contribution is -0.146. The van der Waals surface area contributed by atoms with Gasteiger partial charge in [0, 0.05) is 19.6 Å². The predicted molar refractivity (Wildman–Crippen MR) is 88.7 cm³/mol. The number of nitrogens with one attached hydrogen (secondary N) is 1. The van der Waals surface area contributed by atoms with E-state index in [4.69, 9.17) is 14.2 Å². The molecule has 0 bridgehead atoms. The van der Waals surface area contributed by atoms with E-state index < -0.39 is 5.60 Å². The zero-order chi connectivity index (χ0) is 16.7. The Morgan fingerprint density at radius 2 is 2.09 bits per heavy atom. The Balaban J connectivity index is 1.81. The van der Waals surface area contributed by atoms with Crippen LogP contribution in [0.15, 0.2) is 24.3 Å². The predicted octanol–water partition coefficient (Wildman–Crippen LogP) is 2.33. The van der Waals surface area contributed by atoms with Gasteiger partial charge in [0.25, 0.3) is 5.91 Å². The number of carbonyl (C=O) groups excluding carboxylic acids is 1. The minimum atomic E-state index is -0.802.